The van der Waals surface area contributed by atoms with E-state index in [1.165, 1.54) is 5.56 Å². The number of rotatable bonds is 4. The van der Waals surface area contributed by atoms with Crippen molar-refractivity contribution < 1.29 is 0 Å². The number of fused-ring (bicyclic) bond motifs is 1. The summed E-state index contributed by atoms with van der Waals surface area (Å²) in [6.45, 7) is 8.52. The number of hydrogen-bond acceptors (Lipinski definition) is 5. The highest BCUT2D eigenvalue weighted by atomic mass is 15.3. The normalized spacial score (nSPS) is 18.1. The molecule has 0 spiro atoms. The predicted octanol–water partition coefficient (Wildman–Crippen LogP) is 1.82. The third-order valence-corrected chi connectivity index (χ3v) is 4.66. The molecule has 1 aliphatic rings. The Labute approximate surface area is 147 Å². The van der Waals surface area contributed by atoms with E-state index in [4.69, 9.17) is 0 Å². The fourth-order valence-electron chi connectivity index (χ4n) is 3.59. The second-order valence-electron chi connectivity index (χ2n) is 6.78. The first kappa shape index (κ1) is 16.0. The molecule has 0 saturated carbocycles. The SMILES string of the molecule is Cc1nc(C)n(C[C@H]2CN(Cc3cccnc3)Cc3nccn3C2)n1. The second kappa shape index (κ2) is 6.76. The number of aromatic nitrogens is 6. The van der Waals surface area contributed by atoms with Gasteiger partial charge in [-0.3, -0.25) is 9.88 Å². The average Bonchev–Trinajstić information content (AvgIpc) is 3.10. The molecule has 4 heterocycles. The summed E-state index contributed by atoms with van der Waals surface area (Å²) in [7, 11) is 0. The van der Waals surface area contributed by atoms with Gasteiger partial charge >= 0.3 is 0 Å². The molecule has 0 N–H and O–H groups in total. The van der Waals surface area contributed by atoms with Crippen molar-refractivity contribution in [3.05, 3.63) is 60.0 Å². The summed E-state index contributed by atoms with van der Waals surface area (Å²) in [5, 5.41) is 4.54. The van der Waals surface area contributed by atoms with Crippen LogP contribution in [-0.2, 0) is 26.2 Å². The highest BCUT2D eigenvalue weighted by Crippen LogP contribution is 2.19. The fraction of sp³-hybridized carbons (Fsp3) is 0.444. The number of imidazole rings is 1. The van der Waals surface area contributed by atoms with Crippen LogP contribution in [-0.4, -0.2) is 40.7 Å². The van der Waals surface area contributed by atoms with Crippen LogP contribution in [0.4, 0.5) is 0 Å². The molecular weight excluding hydrogens is 314 g/mol. The van der Waals surface area contributed by atoms with Crippen LogP contribution in [0.2, 0.25) is 0 Å². The number of aryl methyl sites for hydroxylation is 2. The lowest BCUT2D eigenvalue weighted by Crippen LogP contribution is -2.30. The molecule has 0 aliphatic carbocycles. The van der Waals surface area contributed by atoms with Gasteiger partial charge in [-0.05, 0) is 25.5 Å². The first-order valence-corrected chi connectivity index (χ1v) is 8.66. The van der Waals surface area contributed by atoms with Crippen molar-refractivity contribution in [2.45, 2.75) is 40.0 Å². The zero-order chi connectivity index (χ0) is 17.2. The standard InChI is InChI=1S/C18H23N7/c1-14-21-15(2)25(22-14)12-17-10-23(9-16-4-3-5-19-8-16)13-18-20-6-7-24(18)11-17/h3-8,17H,9-13H2,1-2H3/t17-/m0/s1. The quantitative estimate of drug-likeness (QED) is 0.726. The van der Waals surface area contributed by atoms with Gasteiger partial charge in [0.05, 0.1) is 6.54 Å². The van der Waals surface area contributed by atoms with E-state index in [1.54, 1.807) is 0 Å². The molecule has 0 radical (unpaired) electrons. The molecule has 0 saturated heterocycles. The van der Waals surface area contributed by atoms with Gasteiger partial charge in [0.15, 0.2) is 0 Å². The lowest BCUT2D eigenvalue weighted by Gasteiger charge is -2.24. The Hall–Kier alpha value is -2.54. The largest absolute Gasteiger partial charge is 0.333 e. The van der Waals surface area contributed by atoms with Crippen molar-refractivity contribution in [3.63, 3.8) is 0 Å². The van der Waals surface area contributed by atoms with E-state index in [0.717, 1.165) is 50.2 Å². The van der Waals surface area contributed by atoms with E-state index in [1.807, 2.05) is 43.2 Å². The molecular formula is C18H23N7. The first-order chi connectivity index (χ1) is 12.2. The maximum Gasteiger partial charge on any atom is 0.147 e. The summed E-state index contributed by atoms with van der Waals surface area (Å²) in [5.74, 6) is 3.39. The summed E-state index contributed by atoms with van der Waals surface area (Å²) in [4.78, 5) is 15.7. The van der Waals surface area contributed by atoms with Crippen LogP contribution in [0.25, 0.3) is 0 Å². The lowest BCUT2D eigenvalue weighted by atomic mass is 10.1. The van der Waals surface area contributed by atoms with Gasteiger partial charge in [0, 0.05) is 56.9 Å². The van der Waals surface area contributed by atoms with Gasteiger partial charge in [-0.15, -0.1) is 0 Å². The smallest absolute Gasteiger partial charge is 0.147 e. The van der Waals surface area contributed by atoms with Gasteiger partial charge < -0.3 is 4.57 Å². The van der Waals surface area contributed by atoms with Crippen molar-refractivity contribution in [2.75, 3.05) is 6.54 Å². The first-order valence-electron chi connectivity index (χ1n) is 8.66. The third-order valence-electron chi connectivity index (χ3n) is 4.66. The van der Waals surface area contributed by atoms with Gasteiger partial charge in [-0.25, -0.2) is 14.6 Å². The van der Waals surface area contributed by atoms with Crippen molar-refractivity contribution in [1.82, 2.24) is 34.2 Å². The summed E-state index contributed by atoms with van der Waals surface area (Å²) in [6.07, 6.45) is 7.73. The molecule has 3 aromatic heterocycles. The maximum absolute atomic E-state index is 4.54. The minimum atomic E-state index is 0.451. The van der Waals surface area contributed by atoms with Crippen molar-refractivity contribution in [2.24, 2.45) is 5.92 Å². The summed E-state index contributed by atoms with van der Waals surface area (Å²) >= 11 is 0. The van der Waals surface area contributed by atoms with E-state index >= 15 is 0 Å². The van der Waals surface area contributed by atoms with Gasteiger partial charge in [0.25, 0.3) is 0 Å². The van der Waals surface area contributed by atoms with Gasteiger partial charge in [-0.1, -0.05) is 6.07 Å². The van der Waals surface area contributed by atoms with Crippen molar-refractivity contribution in [1.29, 1.82) is 0 Å². The molecule has 0 unspecified atom stereocenters. The minimum absolute atomic E-state index is 0.451. The Morgan fingerprint density at radius 1 is 1.20 bits per heavy atom. The summed E-state index contributed by atoms with van der Waals surface area (Å²) < 4.78 is 4.30. The average molecular weight is 337 g/mol. The number of hydrogen-bond donors (Lipinski definition) is 0. The monoisotopic (exact) mass is 337 g/mol. The topological polar surface area (TPSA) is 64.7 Å². The second-order valence-corrected chi connectivity index (χ2v) is 6.78. The maximum atomic E-state index is 4.54. The summed E-state index contributed by atoms with van der Waals surface area (Å²) in [6, 6.07) is 4.12. The third kappa shape index (κ3) is 3.61. The van der Waals surface area contributed by atoms with Gasteiger partial charge in [0.1, 0.15) is 17.5 Å². The van der Waals surface area contributed by atoms with E-state index in [9.17, 15) is 0 Å². The Morgan fingerprint density at radius 2 is 2.12 bits per heavy atom. The Kier molecular flexibility index (Phi) is 4.31. The van der Waals surface area contributed by atoms with Gasteiger partial charge in [0.2, 0.25) is 0 Å². The van der Waals surface area contributed by atoms with Crippen LogP contribution >= 0.6 is 0 Å². The molecule has 7 nitrogen and oxygen atoms in total. The van der Waals surface area contributed by atoms with E-state index in [2.05, 4.69) is 41.8 Å². The zero-order valence-electron chi connectivity index (χ0n) is 14.7. The molecule has 4 rings (SSSR count). The fourth-order valence-corrected chi connectivity index (χ4v) is 3.59. The molecule has 7 heteroatoms. The van der Waals surface area contributed by atoms with Crippen LogP contribution in [0.3, 0.4) is 0 Å². The molecule has 1 atom stereocenters. The summed E-state index contributed by atoms with van der Waals surface area (Å²) in [5.41, 5.74) is 1.23. The van der Waals surface area contributed by atoms with Crippen LogP contribution in [0.15, 0.2) is 36.9 Å². The zero-order valence-corrected chi connectivity index (χ0v) is 14.7. The molecule has 3 aromatic rings. The number of pyridine rings is 1. The highest BCUT2D eigenvalue weighted by molar-refractivity contribution is 5.09. The van der Waals surface area contributed by atoms with E-state index in [-0.39, 0.29) is 0 Å². The Balaban J connectivity index is 1.55. The van der Waals surface area contributed by atoms with E-state index in [0.29, 0.717) is 5.92 Å². The highest BCUT2D eigenvalue weighted by Gasteiger charge is 2.23. The lowest BCUT2D eigenvalue weighted by molar-refractivity contribution is 0.204. The van der Waals surface area contributed by atoms with Crippen LogP contribution in [0, 0.1) is 19.8 Å². The predicted molar refractivity (Wildman–Crippen MR) is 93.6 cm³/mol. The molecule has 0 amide bonds. The molecule has 0 bridgehead atoms. The molecule has 25 heavy (non-hydrogen) atoms. The van der Waals surface area contributed by atoms with Crippen LogP contribution < -0.4 is 0 Å². The molecule has 0 fully saturated rings. The minimum Gasteiger partial charge on any atom is -0.333 e. The molecule has 0 aromatic carbocycles. The Morgan fingerprint density at radius 3 is 2.88 bits per heavy atom. The van der Waals surface area contributed by atoms with Crippen LogP contribution in [0.5, 0.6) is 0 Å². The van der Waals surface area contributed by atoms with Crippen molar-refractivity contribution in [3.8, 4) is 0 Å². The molecule has 130 valence electrons. The van der Waals surface area contributed by atoms with Crippen LogP contribution in [0.1, 0.15) is 23.0 Å². The Bertz CT molecular complexity index is 836. The van der Waals surface area contributed by atoms with Gasteiger partial charge in [-0.2, -0.15) is 5.10 Å². The molecule has 1 aliphatic heterocycles. The van der Waals surface area contributed by atoms with E-state index < -0.39 is 0 Å². The number of nitrogens with zero attached hydrogens (tertiary/aromatic N) is 7. The van der Waals surface area contributed by atoms with Crippen molar-refractivity contribution >= 4 is 0 Å².